The monoisotopic (exact) mass is 936 g/mol. The van der Waals surface area contributed by atoms with Gasteiger partial charge in [0, 0.05) is 19.3 Å². The van der Waals surface area contributed by atoms with Gasteiger partial charge in [0.25, 0.3) is 0 Å². The molecule has 0 saturated heterocycles. The van der Waals surface area contributed by atoms with Crippen LogP contribution in [0.5, 0.6) is 0 Å². The summed E-state index contributed by atoms with van der Waals surface area (Å²) in [5.74, 6) is -1.10. The van der Waals surface area contributed by atoms with E-state index in [1.165, 1.54) is 0 Å². The molecule has 0 aliphatic carbocycles. The summed E-state index contributed by atoms with van der Waals surface area (Å²) < 4.78 is 47.6. The molecule has 64 heavy (non-hydrogen) atoms. The first kappa shape index (κ1) is 60.2. The van der Waals surface area contributed by atoms with Crippen LogP contribution in [0.25, 0.3) is 0 Å². The molecule has 4 N–H and O–H groups in total. The van der Waals surface area contributed by atoms with Gasteiger partial charge in [-0.2, -0.15) is 0 Å². The number of unbranched alkanes of at least 4 members (excludes halogenated alkanes) is 3. The summed E-state index contributed by atoms with van der Waals surface area (Å²) in [7, 11) is -9.75. The summed E-state index contributed by atoms with van der Waals surface area (Å²) in [4.78, 5) is 64.4. The summed E-state index contributed by atoms with van der Waals surface area (Å²) in [5.41, 5.74) is 0. The molecule has 0 saturated carbocycles. The van der Waals surface area contributed by atoms with Crippen molar-refractivity contribution in [2.24, 2.45) is 0 Å². The highest BCUT2D eigenvalue weighted by molar-refractivity contribution is 7.47. The maximum Gasteiger partial charge on any atom is 0.472 e. The van der Waals surface area contributed by atoms with E-state index in [9.17, 15) is 33.5 Å². The van der Waals surface area contributed by atoms with E-state index in [-0.39, 0.29) is 18.6 Å². The van der Waals surface area contributed by atoms with Gasteiger partial charge in [0.15, 0.2) is 11.9 Å². The fraction of sp³-hybridized carbons (Fsp3) is 0.521. The molecular weight excluding hydrogens is 862 g/mol. The number of esters is 2. The Bertz CT molecular complexity index is 1650. The van der Waals surface area contributed by atoms with Crippen LogP contribution in [0.2, 0.25) is 0 Å². The van der Waals surface area contributed by atoms with Gasteiger partial charge >= 0.3 is 27.6 Å². The number of aliphatic hydroxyl groups is 1. The molecule has 0 bridgehead atoms. The van der Waals surface area contributed by atoms with Crippen molar-refractivity contribution in [3.05, 3.63) is 122 Å². The van der Waals surface area contributed by atoms with Crippen LogP contribution >= 0.6 is 15.6 Å². The first-order chi connectivity index (χ1) is 30.8. The molecule has 0 aliphatic heterocycles. The second-order valence-electron chi connectivity index (χ2n) is 14.3. The van der Waals surface area contributed by atoms with Crippen molar-refractivity contribution < 1.29 is 66.3 Å². The fourth-order valence-corrected chi connectivity index (χ4v) is 6.12. The summed E-state index contributed by atoms with van der Waals surface area (Å²) in [6.45, 7) is 1.29. The molecule has 14 nitrogen and oxygen atoms in total. The third-order valence-electron chi connectivity index (χ3n) is 8.31. The Labute approximate surface area is 381 Å². The average molecular weight is 937 g/mol. The van der Waals surface area contributed by atoms with Gasteiger partial charge in [0.2, 0.25) is 0 Å². The Morgan fingerprint density at radius 1 is 0.516 bits per heavy atom. The lowest BCUT2D eigenvalue weighted by atomic mass is 10.1. The van der Waals surface area contributed by atoms with Crippen molar-refractivity contribution in [3.63, 3.8) is 0 Å². The lowest BCUT2D eigenvalue weighted by Crippen LogP contribution is -2.29. The van der Waals surface area contributed by atoms with Gasteiger partial charge in [-0.15, -0.1) is 0 Å². The molecule has 16 heteroatoms. The fourth-order valence-electron chi connectivity index (χ4n) is 4.97. The Kier molecular flexibility index (Phi) is 39.4. The highest BCUT2D eigenvalue weighted by atomic mass is 31.2. The molecule has 0 aromatic carbocycles. The van der Waals surface area contributed by atoms with Gasteiger partial charge in [0.1, 0.15) is 12.7 Å². The predicted octanol–water partition coefficient (Wildman–Crippen LogP) is 10.8. The normalized spacial score (nSPS) is 15.0. The van der Waals surface area contributed by atoms with E-state index >= 15 is 0 Å². The van der Waals surface area contributed by atoms with Crippen LogP contribution in [0.3, 0.4) is 0 Å². The molecule has 0 fully saturated rings. The van der Waals surface area contributed by atoms with Crippen LogP contribution in [0.4, 0.5) is 0 Å². The Hall–Kier alpha value is -3.81. The first-order valence-corrected chi connectivity index (χ1v) is 25.2. The lowest BCUT2D eigenvalue weighted by Gasteiger charge is -2.20. The smallest absolute Gasteiger partial charge is 0.462 e. The quantitative estimate of drug-likeness (QED) is 0.0112. The number of rotatable bonds is 40. The maximum atomic E-state index is 12.6. The van der Waals surface area contributed by atoms with Crippen LogP contribution in [-0.4, -0.2) is 76.1 Å². The number of ketones is 1. The van der Waals surface area contributed by atoms with Crippen LogP contribution in [0.1, 0.15) is 123 Å². The first-order valence-electron chi connectivity index (χ1n) is 22.2. The van der Waals surface area contributed by atoms with Gasteiger partial charge < -0.3 is 29.3 Å². The molecule has 0 amide bonds. The summed E-state index contributed by atoms with van der Waals surface area (Å²) in [5, 5.41) is 9.75. The Balaban J connectivity index is 4.78. The van der Waals surface area contributed by atoms with E-state index in [0.717, 1.165) is 64.2 Å². The number of allylic oxidation sites excluding steroid dienone is 20. The van der Waals surface area contributed by atoms with E-state index in [2.05, 4.69) is 77.6 Å². The molecule has 0 spiro atoms. The van der Waals surface area contributed by atoms with Crippen molar-refractivity contribution >= 4 is 33.4 Å². The molecule has 0 aromatic heterocycles. The van der Waals surface area contributed by atoms with Gasteiger partial charge in [-0.3, -0.25) is 28.0 Å². The zero-order valence-electron chi connectivity index (χ0n) is 37.8. The van der Waals surface area contributed by atoms with Gasteiger partial charge in [-0.05, 0) is 83.1 Å². The van der Waals surface area contributed by atoms with Crippen molar-refractivity contribution in [2.45, 2.75) is 135 Å². The zero-order chi connectivity index (χ0) is 47.4. The van der Waals surface area contributed by atoms with Crippen LogP contribution in [-0.2, 0) is 46.6 Å². The average Bonchev–Trinajstić information content (AvgIpc) is 3.25. The van der Waals surface area contributed by atoms with E-state index in [4.69, 9.17) is 23.8 Å². The second kappa shape index (κ2) is 41.9. The highest BCUT2D eigenvalue weighted by Gasteiger charge is 2.28. The van der Waals surface area contributed by atoms with Gasteiger partial charge in [-0.25, -0.2) is 9.13 Å². The second-order valence-corrected chi connectivity index (χ2v) is 17.0. The number of aliphatic hydroxyl groups excluding tert-OH is 1. The number of ether oxygens (including phenoxy) is 2. The molecular formula is C48H74O14P2. The molecule has 1 unspecified atom stereocenters. The van der Waals surface area contributed by atoms with E-state index in [1.54, 1.807) is 12.2 Å². The largest absolute Gasteiger partial charge is 0.472 e. The van der Waals surface area contributed by atoms with Crippen molar-refractivity contribution in [3.8, 4) is 0 Å². The minimum atomic E-state index is -4.89. The van der Waals surface area contributed by atoms with Crippen molar-refractivity contribution in [2.75, 3.05) is 26.4 Å². The number of carbonyl (C=O) groups excluding carboxylic acids is 3. The van der Waals surface area contributed by atoms with E-state index in [1.807, 2.05) is 54.7 Å². The van der Waals surface area contributed by atoms with E-state index < -0.39 is 66.2 Å². The topological polar surface area (TPSA) is 212 Å². The molecule has 0 rings (SSSR count). The zero-order valence-corrected chi connectivity index (χ0v) is 39.6. The molecule has 0 aromatic rings. The number of hydrogen-bond acceptors (Lipinski definition) is 11. The van der Waals surface area contributed by atoms with Crippen molar-refractivity contribution in [1.29, 1.82) is 0 Å². The Morgan fingerprint density at radius 3 is 1.56 bits per heavy atom. The van der Waals surface area contributed by atoms with E-state index in [0.29, 0.717) is 32.1 Å². The number of hydrogen-bond donors (Lipinski definition) is 4. The van der Waals surface area contributed by atoms with Crippen LogP contribution in [0, 0.1) is 0 Å². The molecule has 0 radical (unpaired) electrons. The van der Waals surface area contributed by atoms with Gasteiger partial charge in [-0.1, -0.05) is 142 Å². The molecule has 360 valence electrons. The van der Waals surface area contributed by atoms with Crippen LogP contribution in [0.15, 0.2) is 122 Å². The molecule has 0 aliphatic rings. The number of phosphoric ester groups is 2. The lowest BCUT2D eigenvalue weighted by molar-refractivity contribution is -0.161. The number of carbonyl (C=O) groups is 3. The van der Waals surface area contributed by atoms with Crippen molar-refractivity contribution in [1.82, 2.24) is 0 Å². The maximum absolute atomic E-state index is 12.6. The minimum Gasteiger partial charge on any atom is -0.462 e. The Morgan fingerprint density at radius 2 is 1.02 bits per heavy atom. The third kappa shape index (κ3) is 44.8. The standard InChI is InChI=1S/C48H74O14P2/c1-3-5-7-8-9-10-11-12-13-14-15-16-17-18-21-25-28-31-35-39-48(52)62-46(43-61-64(56,57)60-41-45(50)40-59-63(53,54)55)42-58-47(51)38-34-30-27-24-22-19-20-23-26-29-33-37-44(49)36-32-6-4-2/h5,7,9-10,12-13,15-16,18-21,24,26-29,31,33,37,45-46,50H,3-4,6,8,11,14,17,22-23,25,30,32,34-36,38-43H2,1-2H3,(H,56,57)(H2,53,54,55)/b7-5-,10-9-,13-12-,16-15-,20-19-,21-18-,27-24-,29-26-,31-28-,37-33+/t45-,46+/m0/s1. The minimum absolute atomic E-state index is 0.0252. The molecule has 0 heterocycles. The third-order valence-corrected chi connectivity index (χ3v) is 9.75. The summed E-state index contributed by atoms with van der Waals surface area (Å²) >= 11 is 0. The highest BCUT2D eigenvalue weighted by Crippen LogP contribution is 2.43. The number of phosphoric acid groups is 2. The van der Waals surface area contributed by atoms with Gasteiger partial charge in [0.05, 0.1) is 19.8 Å². The van der Waals surface area contributed by atoms with Crippen LogP contribution < -0.4 is 0 Å². The SMILES string of the molecule is CC/C=C\C/C=C\C/C=C\C/C=C\C/C=C\C/C=C\CCC(=O)O[C@H](COC(=O)CCC/C=C\C/C=C\C/C=C\C=C\C(=O)CCCCC)COP(=O)(O)OC[C@@H](O)COP(=O)(O)O. The summed E-state index contributed by atoms with van der Waals surface area (Å²) in [6, 6.07) is 0. The predicted molar refractivity (Wildman–Crippen MR) is 253 cm³/mol. The molecule has 3 atom stereocenters. The summed E-state index contributed by atoms with van der Waals surface area (Å²) in [6.07, 6.45) is 49.1.